The zero-order chi connectivity index (χ0) is 15.4. The van der Waals surface area contributed by atoms with Crippen molar-refractivity contribution in [1.29, 1.82) is 0 Å². The first-order chi connectivity index (χ1) is 10.8. The Kier molecular flexibility index (Phi) is 4.01. The molecule has 4 nitrogen and oxygen atoms in total. The second-order valence-corrected chi connectivity index (χ2v) is 4.99. The van der Waals surface area contributed by atoms with Gasteiger partial charge in [-0.3, -0.25) is 4.99 Å². The van der Waals surface area contributed by atoms with Gasteiger partial charge < -0.3 is 4.52 Å². The zero-order valence-corrected chi connectivity index (χ0v) is 12.2. The third kappa shape index (κ3) is 2.91. The Morgan fingerprint density at radius 2 is 1.68 bits per heavy atom. The van der Waals surface area contributed by atoms with Crippen molar-refractivity contribution in [3.8, 4) is 11.3 Å². The Balaban J connectivity index is 1.95. The molecule has 0 spiro atoms. The molecular weight excluding hydrogens is 276 g/mol. The van der Waals surface area contributed by atoms with Crippen molar-refractivity contribution in [2.75, 3.05) is 0 Å². The Bertz CT molecular complexity index is 830. The predicted octanol–water partition coefficient (Wildman–Crippen LogP) is 3.64. The van der Waals surface area contributed by atoms with E-state index in [2.05, 4.69) is 10.1 Å². The Hall–Kier alpha value is -2.88. The van der Waals surface area contributed by atoms with Gasteiger partial charge in [0, 0.05) is 11.3 Å². The fourth-order valence-electron chi connectivity index (χ4n) is 2.31. The Morgan fingerprint density at radius 1 is 1.05 bits per heavy atom. The molecule has 2 aromatic carbocycles. The van der Waals surface area contributed by atoms with E-state index in [9.17, 15) is 4.79 Å². The van der Waals surface area contributed by atoms with Gasteiger partial charge in [-0.2, -0.15) is 0 Å². The van der Waals surface area contributed by atoms with Gasteiger partial charge in [0.1, 0.15) is 5.56 Å². The molecule has 4 heteroatoms. The highest BCUT2D eigenvalue weighted by atomic mass is 16.5. The Labute approximate surface area is 128 Å². The van der Waals surface area contributed by atoms with E-state index in [0.29, 0.717) is 23.5 Å². The highest BCUT2D eigenvalue weighted by Gasteiger charge is 2.16. The van der Waals surface area contributed by atoms with Crippen molar-refractivity contribution in [1.82, 2.24) is 5.16 Å². The molecule has 0 fully saturated rings. The molecule has 1 heterocycles. The van der Waals surface area contributed by atoms with Crippen LogP contribution in [0.3, 0.4) is 0 Å². The number of nitrogens with one attached hydrogen (secondary N) is 1. The summed E-state index contributed by atoms with van der Waals surface area (Å²) >= 11 is 0. The molecule has 0 saturated heterocycles. The summed E-state index contributed by atoms with van der Waals surface area (Å²) in [5, 5.41) is 2.70. The number of aromatic amines is 1. The monoisotopic (exact) mass is 292 g/mol. The maximum Gasteiger partial charge on any atom is 0.366 e. The average Bonchev–Trinajstić information content (AvgIpc) is 2.96. The largest absolute Gasteiger partial charge is 0.366 e. The molecular formula is C18H16N2O2. The van der Waals surface area contributed by atoms with Crippen molar-refractivity contribution in [2.45, 2.75) is 13.5 Å². The van der Waals surface area contributed by atoms with Crippen LogP contribution < -0.4 is 5.63 Å². The van der Waals surface area contributed by atoms with E-state index in [-0.39, 0.29) is 0 Å². The van der Waals surface area contributed by atoms with Crippen molar-refractivity contribution in [3.05, 3.63) is 82.2 Å². The molecule has 0 radical (unpaired) electrons. The molecule has 0 aliphatic rings. The molecule has 3 aromatic rings. The fraction of sp³-hybridized carbons (Fsp3) is 0.111. The second-order valence-electron chi connectivity index (χ2n) is 4.99. The first-order valence-corrected chi connectivity index (χ1v) is 7.08. The molecule has 0 amide bonds. The van der Waals surface area contributed by atoms with Crippen LogP contribution in [0.1, 0.15) is 18.1 Å². The zero-order valence-electron chi connectivity index (χ0n) is 12.2. The van der Waals surface area contributed by atoms with E-state index in [1.54, 1.807) is 0 Å². The summed E-state index contributed by atoms with van der Waals surface area (Å²) in [4.78, 5) is 16.5. The molecule has 1 aromatic heterocycles. The van der Waals surface area contributed by atoms with Crippen molar-refractivity contribution >= 4 is 5.71 Å². The molecule has 0 aliphatic carbocycles. The van der Waals surface area contributed by atoms with Crippen molar-refractivity contribution in [2.24, 2.45) is 4.99 Å². The first-order valence-electron chi connectivity index (χ1n) is 7.08. The molecule has 0 unspecified atom stereocenters. The van der Waals surface area contributed by atoms with E-state index in [4.69, 9.17) is 4.52 Å². The summed E-state index contributed by atoms with van der Waals surface area (Å²) < 4.78 is 4.96. The van der Waals surface area contributed by atoms with Crippen LogP contribution >= 0.6 is 0 Å². The first kappa shape index (κ1) is 14.1. The molecule has 110 valence electrons. The van der Waals surface area contributed by atoms with Gasteiger partial charge in [-0.1, -0.05) is 60.7 Å². The van der Waals surface area contributed by atoms with Crippen molar-refractivity contribution < 1.29 is 4.52 Å². The number of H-pyrrole nitrogens is 1. The van der Waals surface area contributed by atoms with Crippen LogP contribution in [0.5, 0.6) is 0 Å². The summed E-state index contributed by atoms with van der Waals surface area (Å²) in [7, 11) is 0. The number of benzene rings is 2. The third-order valence-electron chi connectivity index (χ3n) is 3.47. The smallest absolute Gasteiger partial charge is 0.338 e. The number of hydrogen-bond acceptors (Lipinski definition) is 3. The number of hydrogen-bond donors (Lipinski definition) is 1. The lowest BCUT2D eigenvalue weighted by Crippen LogP contribution is -2.09. The third-order valence-corrected chi connectivity index (χ3v) is 3.47. The van der Waals surface area contributed by atoms with Gasteiger partial charge in [-0.05, 0) is 12.5 Å². The standard InChI is InChI=1S/C18H16N2O2/c1-13(19-12-14-8-4-2-5-9-14)16-17(20-22-18(16)21)15-10-6-3-7-11-15/h2-11,20H,12H2,1H3. The van der Waals surface area contributed by atoms with Gasteiger partial charge in [0.2, 0.25) is 0 Å². The average molecular weight is 292 g/mol. The summed E-state index contributed by atoms with van der Waals surface area (Å²) in [6.45, 7) is 2.36. The summed E-state index contributed by atoms with van der Waals surface area (Å²) in [5.74, 6) is 0. The van der Waals surface area contributed by atoms with Gasteiger partial charge in [-0.15, -0.1) is 0 Å². The van der Waals surface area contributed by atoms with Crippen molar-refractivity contribution in [3.63, 3.8) is 0 Å². The van der Waals surface area contributed by atoms with Gasteiger partial charge in [0.25, 0.3) is 0 Å². The van der Waals surface area contributed by atoms with E-state index in [1.165, 1.54) is 0 Å². The normalized spacial score (nSPS) is 11.6. The van der Waals surface area contributed by atoms with Crippen LogP contribution in [0.2, 0.25) is 0 Å². The maximum atomic E-state index is 12.0. The molecule has 22 heavy (non-hydrogen) atoms. The highest BCUT2D eigenvalue weighted by Crippen LogP contribution is 2.20. The molecule has 0 saturated carbocycles. The topological polar surface area (TPSA) is 58.4 Å². The highest BCUT2D eigenvalue weighted by molar-refractivity contribution is 6.03. The number of rotatable bonds is 4. The number of aromatic nitrogens is 1. The molecule has 0 aliphatic heterocycles. The second kappa shape index (κ2) is 6.26. The lowest BCUT2D eigenvalue weighted by atomic mass is 10.1. The minimum Gasteiger partial charge on any atom is -0.338 e. The predicted molar refractivity (Wildman–Crippen MR) is 87.1 cm³/mol. The van der Waals surface area contributed by atoms with Gasteiger partial charge >= 0.3 is 5.63 Å². The molecule has 0 bridgehead atoms. The minimum atomic E-state index is -0.395. The lowest BCUT2D eigenvalue weighted by molar-refractivity contribution is 0.393. The van der Waals surface area contributed by atoms with E-state index >= 15 is 0 Å². The minimum absolute atomic E-state index is 0.395. The quantitative estimate of drug-likeness (QED) is 0.746. The molecule has 3 rings (SSSR count). The summed E-state index contributed by atoms with van der Waals surface area (Å²) in [6, 6.07) is 19.5. The van der Waals surface area contributed by atoms with Crippen LogP contribution in [-0.2, 0) is 6.54 Å². The molecule has 0 atom stereocenters. The lowest BCUT2D eigenvalue weighted by Gasteiger charge is -2.02. The maximum absolute atomic E-state index is 12.0. The van der Waals surface area contributed by atoms with E-state index < -0.39 is 5.63 Å². The van der Waals surface area contributed by atoms with Gasteiger partial charge in [-0.25, -0.2) is 9.95 Å². The number of aliphatic imine (C=N–C) groups is 1. The van der Waals surface area contributed by atoms with Crippen LogP contribution in [0, 0.1) is 0 Å². The summed E-state index contributed by atoms with van der Waals surface area (Å²) in [5.41, 5.74) is 3.42. The number of nitrogens with zero attached hydrogens (tertiary/aromatic N) is 1. The van der Waals surface area contributed by atoms with E-state index in [0.717, 1.165) is 11.1 Å². The molecule has 1 N–H and O–H groups in total. The van der Waals surface area contributed by atoms with Crippen LogP contribution in [-0.4, -0.2) is 10.9 Å². The van der Waals surface area contributed by atoms with E-state index in [1.807, 2.05) is 67.6 Å². The van der Waals surface area contributed by atoms with Crippen LogP contribution in [0.25, 0.3) is 11.3 Å². The van der Waals surface area contributed by atoms with Gasteiger partial charge in [0.15, 0.2) is 0 Å². The van der Waals surface area contributed by atoms with Crippen LogP contribution in [0.4, 0.5) is 0 Å². The summed E-state index contributed by atoms with van der Waals surface area (Å²) in [6.07, 6.45) is 0. The van der Waals surface area contributed by atoms with Gasteiger partial charge in [0.05, 0.1) is 12.2 Å². The van der Waals surface area contributed by atoms with Crippen LogP contribution in [0.15, 0.2) is 75.0 Å². The Morgan fingerprint density at radius 3 is 2.36 bits per heavy atom. The SMILES string of the molecule is CC(=NCc1ccccc1)c1c(-c2ccccc2)[nH]oc1=O. The fourth-order valence-corrected chi connectivity index (χ4v) is 2.31.